The standard InChI is InChI=1S/C37H46N2O6/c1-24-33(22-39-18-8-13-32(39)35(42)45-37(3,4)5)43-36(44-34(24)28-16-14-26(23-40)15-17-28)31-12-7-11-30(20-31)29-10-6-9-27(19-29)21-38-25(2)41/h6-7,9-12,14-17,19-20,24,32-34,36,40H,8,13,18,21-23H2,1-5H3,(H,38,41)/t24-,32-,33+,34+,36+/m0/s1. The van der Waals surface area contributed by atoms with Crippen molar-refractivity contribution in [2.45, 2.75) is 90.8 Å². The van der Waals surface area contributed by atoms with Crippen molar-refractivity contribution in [1.82, 2.24) is 10.2 Å². The van der Waals surface area contributed by atoms with Gasteiger partial charge in [0, 0.05) is 31.5 Å². The molecule has 5 atom stereocenters. The minimum Gasteiger partial charge on any atom is -0.459 e. The molecule has 2 aliphatic rings. The quantitative estimate of drug-likeness (QED) is 0.282. The molecule has 2 heterocycles. The van der Waals surface area contributed by atoms with E-state index in [1.54, 1.807) is 0 Å². The Balaban J connectivity index is 1.42. The second-order valence-electron chi connectivity index (χ2n) is 13.2. The molecule has 45 heavy (non-hydrogen) atoms. The zero-order valence-corrected chi connectivity index (χ0v) is 27.0. The molecule has 0 spiro atoms. The molecule has 3 aromatic rings. The van der Waals surface area contributed by atoms with E-state index in [0.29, 0.717) is 13.1 Å². The molecule has 0 bridgehead atoms. The van der Waals surface area contributed by atoms with Crippen LogP contribution in [0, 0.1) is 5.92 Å². The van der Waals surface area contributed by atoms with E-state index in [4.69, 9.17) is 14.2 Å². The van der Waals surface area contributed by atoms with Crippen LogP contribution >= 0.6 is 0 Å². The molecule has 2 N–H and O–H groups in total. The minimum atomic E-state index is -0.626. The van der Waals surface area contributed by atoms with Gasteiger partial charge >= 0.3 is 5.97 Å². The number of carbonyl (C=O) groups excluding carboxylic acids is 2. The van der Waals surface area contributed by atoms with Crippen LogP contribution in [0.2, 0.25) is 0 Å². The van der Waals surface area contributed by atoms with Crippen molar-refractivity contribution < 1.29 is 28.9 Å². The Morgan fingerprint density at radius 1 is 0.956 bits per heavy atom. The third kappa shape index (κ3) is 8.38. The Labute approximate surface area is 266 Å². The summed E-state index contributed by atoms with van der Waals surface area (Å²) in [5.41, 5.74) is 5.30. The van der Waals surface area contributed by atoms with E-state index in [-0.39, 0.29) is 42.7 Å². The van der Waals surface area contributed by atoms with Crippen LogP contribution in [-0.2, 0) is 37.0 Å². The lowest BCUT2D eigenvalue weighted by Gasteiger charge is -2.43. The summed E-state index contributed by atoms with van der Waals surface area (Å²) in [5, 5.41) is 12.5. The largest absolute Gasteiger partial charge is 0.459 e. The van der Waals surface area contributed by atoms with Crippen LogP contribution in [0.5, 0.6) is 0 Å². The summed E-state index contributed by atoms with van der Waals surface area (Å²) in [6.07, 6.45) is 0.608. The molecule has 0 unspecified atom stereocenters. The Hall–Kier alpha value is -3.56. The second kappa shape index (κ2) is 14.3. The molecule has 0 radical (unpaired) electrons. The molecule has 8 heteroatoms. The number of esters is 1. The number of aliphatic hydroxyl groups excluding tert-OH is 1. The van der Waals surface area contributed by atoms with Crippen LogP contribution in [-0.4, -0.2) is 52.7 Å². The minimum absolute atomic E-state index is 0.00486. The van der Waals surface area contributed by atoms with Crippen molar-refractivity contribution >= 4 is 11.9 Å². The number of aliphatic hydroxyl groups is 1. The average molecular weight is 615 g/mol. The van der Waals surface area contributed by atoms with Crippen molar-refractivity contribution in [3.63, 3.8) is 0 Å². The molecule has 2 saturated heterocycles. The van der Waals surface area contributed by atoms with E-state index in [9.17, 15) is 14.7 Å². The van der Waals surface area contributed by atoms with Crippen molar-refractivity contribution in [2.75, 3.05) is 13.1 Å². The zero-order chi connectivity index (χ0) is 32.1. The van der Waals surface area contributed by atoms with Crippen molar-refractivity contribution in [3.8, 4) is 11.1 Å². The van der Waals surface area contributed by atoms with Gasteiger partial charge in [-0.05, 0) is 80.1 Å². The molecular formula is C37H46N2O6. The summed E-state index contributed by atoms with van der Waals surface area (Å²) < 4.78 is 19.2. The molecule has 1 amide bonds. The van der Waals surface area contributed by atoms with Crippen molar-refractivity contribution in [1.29, 1.82) is 0 Å². The maximum atomic E-state index is 13.1. The lowest BCUT2D eigenvalue weighted by molar-refractivity contribution is -0.276. The maximum absolute atomic E-state index is 13.1. The smallest absolute Gasteiger partial charge is 0.323 e. The molecule has 2 aliphatic heterocycles. The molecule has 0 aliphatic carbocycles. The summed E-state index contributed by atoms with van der Waals surface area (Å²) >= 11 is 0. The summed E-state index contributed by atoms with van der Waals surface area (Å²) in [6, 6.07) is 23.9. The lowest BCUT2D eigenvalue weighted by Crippen LogP contribution is -2.48. The predicted molar refractivity (Wildman–Crippen MR) is 173 cm³/mol. The molecule has 2 fully saturated rings. The molecule has 0 saturated carbocycles. The fourth-order valence-corrected chi connectivity index (χ4v) is 6.19. The van der Waals surface area contributed by atoms with Gasteiger partial charge in [0.2, 0.25) is 5.91 Å². The number of amides is 1. The Bertz CT molecular complexity index is 1470. The summed E-state index contributed by atoms with van der Waals surface area (Å²) in [6.45, 7) is 11.2. The van der Waals surface area contributed by atoms with E-state index in [0.717, 1.165) is 52.8 Å². The second-order valence-corrected chi connectivity index (χ2v) is 13.2. The zero-order valence-electron chi connectivity index (χ0n) is 27.0. The Kier molecular flexibility index (Phi) is 10.4. The lowest BCUT2D eigenvalue weighted by atomic mass is 9.89. The number of ether oxygens (including phenoxy) is 3. The first-order valence-electron chi connectivity index (χ1n) is 15.9. The number of nitrogens with zero attached hydrogens (tertiary/aromatic N) is 1. The molecule has 5 rings (SSSR count). The highest BCUT2D eigenvalue weighted by atomic mass is 16.7. The normalized spacial score (nSPS) is 23.9. The third-order valence-corrected chi connectivity index (χ3v) is 8.54. The molecule has 240 valence electrons. The van der Waals surface area contributed by atoms with Crippen LogP contribution in [0.25, 0.3) is 11.1 Å². The fraction of sp³-hybridized carbons (Fsp3) is 0.459. The van der Waals surface area contributed by atoms with Crippen LogP contribution in [0.4, 0.5) is 0 Å². The van der Waals surface area contributed by atoms with E-state index in [1.807, 2.05) is 69.3 Å². The number of rotatable bonds is 9. The number of likely N-dealkylation sites (tertiary alicyclic amines) is 1. The summed E-state index contributed by atoms with van der Waals surface area (Å²) in [7, 11) is 0. The van der Waals surface area contributed by atoms with Gasteiger partial charge in [-0.2, -0.15) is 0 Å². The SMILES string of the molecule is CC(=O)NCc1cccc(-c2cccc([C@@H]3O[C@H](CN4CCC[C@H]4C(=O)OC(C)(C)C)[C@H](C)[C@H](c4ccc(CO)cc4)O3)c2)c1. The van der Waals surface area contributed by atoms with Gasteiger partial charge in [-0.15, -0.1) is 0 Å². The van der Waals surface area contributed by atoms with E-state index < -0.39 is 11.9 Å². The number of nitrogens with one attached hydrogen (secondary N) is 1. The third-order valence-electron chi connectivity index (χ3n) is 8.54. The number of benzene rings is 3. The highest BCUT2D eigenvalue weighted by Gasteiger charge is 2.42. The average Bonchev–Trinajstić information content (AvgIpc) is 3.49. The van der Waals surface area contributed by atoms with Gasteiger partial charge in [0.15, 0.2) is 6.29 Å². The van der Waals surface area contributed by atoms with Gasteiger partial charge in [-0.3, -0.25) is 14.5 Å². The van der Waals surface area contributed by atoms with Gasteiger partial charge in [-0.25, -0.2) is 0 Å². The van der Waals surface area contributed by atoms with E-state index in [1.165, 1.54) is 6.92 Å². The Morgan fingerprint density at radius 3 is 2.36 bits per heavy atom. The number of hydrogen-bond acceptors (Lipinski definition) is 7. The van der Waals surface area contributed by atoms with Crippen LogP contribution in [0.3, 0.4) is 0 Å². The molecular weight excluding hydrogens is 568 g/mol. The molecule has 0 aromatic heterocycles. The maximum Gasteiger partial charge on any atom is 0.323 e. The van der Waals surface area contributed by atoms with Crippen molar-refractivity contribution in [3.05, 3.63) is 95.1 Å². The van der Waals surface area contributed by atoms with E-state index in [2.05, 4.69) is 41.4 Å². The van der Waals surface area contributed by atoms with Crippen LogP contribution < -0.4 is 5.32 Å². The van der Waals surface area contributed by atoms with Crippen LogP contribution in [0.1, 0.15) is 82.1 Å². The first-order valence-corrected chi connectivity index (χ1v) is 15.9. The highest BCUT2D eigenvalue weighted by molar-refractivity contribution is 5.76. The molecule has 8 nitrogen and oxygen atoms in total. The number of carbonyl (C=O) groups is 2. The monoisotopic (exact) mass is 614 g/mol. The van der Waals surface area contributed by atoms with Crippen LogP contribution in [0.15, 0.2) is 72.8 Å². The Morgan fingerprint density at radius 2 is 1.67 bits per heavy atom. The first kappa shape index (κ1) is 32.8. The fourth-order valence-electron chi connectivity index (χ4n) is 6.19. The van der Waals surface area contributed by atoms with Gasteiger partial charge < -0.3 is 24.6 Å². The summed E-state index contributed by atoms with van der Waals surface area (Å²) in [5.74, 6) is -0.250. The van der Waals surface area contributed by atoms with Gasteiger partial charge in [0.1, 0.15) is 11.6 Å². The summed E-state index contributed by atoms with van der Waals surface area (Å²) in [4.78, 5) is 26.8. The highest BCUT2D eigenvalue weighted by Crippen LogP contribution is 2.43. The van der Waals surface area contributed by atoms with Gasteiger partial charge in [0.25, 0.3) is 0 Å². The number of hydrogen-bond donors (Lipinski definition) is 2. The predicted octanol–water partition coefficient (Wildman–Crippen LogP) is 6.08. The van der Waals surface area contributed by atoms with Gasteiger partial charge in [0.05, 0.1) is 18.8 Å². The molecule has 3 aromatic carbocycles. The first-order chi connectivity index (χ1) is 21.5. The topological polar surface area (TPSA) is 97.3 Å². The van der Waals surface area contributed by atoms with Crippen molar-refractivity contribution in [2.24, 2.45) is 5.92 Å². The van der Waals surface area contributed by atoms with Gasteiger partial charge in [-0.1, -0.05) is 67.6 Å². The van der Waals surface area contributed by atoms with E-state index >= 15 is 0 Å².